The van der Waals surface area contributed by atoms with Gasteiger partial charge in [0, 0.05) is 10.6 Å². The highest BCUT2D eigenvalue weighted by Gasteiger charge is 2.17. The molecule has 0 N–H and O–H groups in total. The third kappa shape index (κ3) is 2.13. The molecule has 16 heavy (non-hydrogen) atoms. The van der Waals surface area contributed by atoms with E-state index in [2.05, 4.69) is 15.9 Å². The molecule has 1 nitrogen and oxygen atoms in total. The smallest absolute Gasteiger partial charge is 0.160 e. The molecular weight excluding hydrogens is 301 g/mol. The number of halogens is 4. The molecule has 1 aromatic carbocycles. The van der Waals surface area contributed by atoms with Gasteiger partial charge in [-0.2, -0.15) is 0 Å². The number of benzene rings is 1. The summed E-state index contributed by atoms with van der Waals surface area (Å²) in [5.74, 6) is -1.88. The molecule has 0 spiro atoms. The van der Waals surface area contributed by atoms with Crippen molar-refractivity contribution in [3.8, 4) is 0 Å². The van der Waals surface area contributed by atoms with Crippen LogP contribution in [0.4, 0.5) is 8.78 Å². The largest absolute Gasteiger partial charge is 0.472 e. The fraction of sp³-hybridized carbons (Fsp3) is 0.0909. The molecule has 1 atom stereocenters. The van der Waals surface area contributed by atoms with Gasteiger partial charge in [0.05, 0.1) is 17.4 Å². The SMILES string of the molecule is Fc1cc(Cl)c(C(Br)c2ccoc2)cc1F. The fourth-order valence-electron chi connectivity index (χ4n) is 1.33. The van der Waals surface area contributed by atoms with Crippen molar-refractivity contribution in [2.45, 2.75) is 4.83 Å². The topological polar surface area (TPSA) is 13.1 Å². The number of hydrogen-bond acceptors (Lipinski definition) is 1. The molecule has 0 amide bonds. The van der Waals surface area contributed by atoms with Gasteiger partial charge in [-0.25, -0.2) is 8.78 Å². The van der Waals surface area contributed by atoms with Crippen LogP contribution in [0, 0.1) is 11.6 Å². The lowest BCUT2D eigenvalue weighted by molar-refractivity contribution is 0.507. The van der Waals surface area contributed by atoms with Crippen LogP contribution in [0.15, 0.2) is 35.1 Å². The van der Waals surface area contributed by atoms with Crippen molar-refractivity contribution in [3.05, 3.63) is 58.5 Å². The Kier molecular flexibility index (Phi) is 3.30. The van der Waals surface area contributed by atoms with E-state index in [1.165, 1.54) is 12.5 Å². The van der Waals surface area contributed by atoms with Gasteiger partial charge in [-0.05, 0) is 23.8 Å². The van der Waals surface area contributed by atoms with Gasteiger partial charge >= 0.3 is 0 Å². The van der Waals surface area contributed by atoms with Crippen LogP contribution in [0.5, 0.6) is 0 Å². The van der Waals surface area contributed by atoms with Crippen molar-refractivity contribution in [1.82, 2.24) is 0 Å². The van der Waals surface area contributed by atoms with Gasteiger partial charge in [-0.1, -0.05) is 27.5 Å². The second-order valence-electron chi connectivity index (χ2n) is 3.21. The fourth-order valence-corrected chi connectivity index (χ4v) is 2.36. The van der Waals surface area contributed by atoms with Crippen LogP contribution in [-0.4, -0.2) is 0 Å². The predicted octanol–water partition coefficient (Wildman–Crippen LogP) is 4.70. The minimum Gasteiger partial charge on any atom is -0.472 e. The standard InChI is InChI=1S/C11H6BrClF2O/c12-11(6-1-2-16-5-6)7-3-9(14)10(15)4-8(7)13/h1-5,11H. The molecule has 1 aromatic heterocycles. The molecule has 0 aliphatic rings. The van der Waals surface area contributed by atoms with Crippen molar-refractivity contribution in [3.63, 3.8) is 0 Å². The molecular formula is C11H6BrClF2O. The van der Waals surface area contributed by atoms with Gasteiger partial charge in [0.2, 0.25) is 0 Å². The van der Waals surface area contributed by atoms with E-state index in [1.54, 1.807) is 6.07 Å². The highest BCUT2D eigenvalue weighted by Crippen LogP contribution is 2.36. The maximum atomic E-state index is 13.1. The molecule has 0 saturated heterocycles. The second kappa shape index (κ2) is 4.55. The van der Waals surface area contributed by atoms with Crippen LogP contribution in [-0.2, 0) is 0 Å². The lowest BCUT2D eigenvalue weighted by Gasteiger charge is -2.10. The average Bonchev–Trinajstić information content (AvgIpc) is 2.75. The predicted molar refractivity (Wildman–Crippen MR) is 60.8 cm³/mol. The molecule has 0 aliphatic heterocycles. The molecule has 0 aliphatic carbocycles. The third-order valence-corrected chi connectivity index (χ3v) is 3.50. The van der Waals surface area contributed by atoms with E-state index in [0.717, 1.165) is 17.7 Å². The van der Waals surface area contributed by atoms with Crippen LogP contribution in [0.3, 0.4) is 0 Å². The van der Waals surface area contributed by atoms with E-state index in [-0.39, 0.29) is 9.85 Å². The summed E-state index contributed by atoms with van der Waals surface area (Å²) in [5, 5.41) is 0.168. The molecule has 84 valence electrons. The summed E-state index contributed by atoms with van der Waals surface area (Å²) in [6, 6.07) is 3.75. The van der Waals surface area contributed by atoms with Gasteiger partial charge in [-0.15, -0.1) is 0 Å². The van der Waals surface area contributed by atoms with Crippen LogP contribution < -0.4 is 0 Å². The Morgan fingerprint density at radius 3 is 2.56 bits per heavy atom. The molecule has 2 aromatic rings. The van der Waals surface area contributed by atoms with E-state index in [1.807, 2.05) is 0 Å². The van der Waals surface area contributed by atoms with Crippen LogP contribution >= 0.6 is 27.5 Å². The van der Waals surface area contributed by atoms with Gasteiger partial charge in [0.25, 0.3) is 0 Å². The summed E-state index contributed by atoms with van der Waals surface area (Å²) in [6.45, 7) is 0. The van der Waals surface area contributed by atoms with Gasteiger partial charge in [0.1, 0.15) is 0 Å². The van der Waals surface area contributed by atoms with Crippen LogP contribution in [0.1, 0.15) is 16.0 Å². The molecule has 5 heteroatoms. The van der Waals surface area contributed by atoms with E-state index in [9.17, 15) is 8.78 Å². The van der Waals surface area contributed by atoms with Crippen molar-refractivity contribution >= 4 is 27.5 Å². The summed E-state index contributed by atoms with van der Waals surface area (Å²) in [4.78, 5) is -0.325. The number of furan rings is 1. The highest BCUT2D eigenvalue weighted by molar-refractivity contribution is 9.09. The first-order chi connectivity index (χ1) is 7.59. The van der Waals surface area contributed by atoms with Crippen molar-refractivity contribution < 1.29 is 13.2 Å². The number of alkyl halides is 1. The first-order valence-electron chi connectivity index (χ1n) is 4.40. The van der Waals surface area contributed by atoms with E-state index in [4.69, 9.17) is 16.0 Å². The maximum Gasteiger partial charge on any atom is 0.160 e. The zero-order chi connectivity index (χ0) is 11.7. The molecule has 1 unspecified atom stereocenters. The lowest BCUT2D eigenvalue weighted by Crippen LogP contribution is -1.95. The minimum absolute atomic E-state index is 0.168. The Morgan fingerprint density at radius 1 is 1.25 bits per heavy atom. The zero-order valence-corrected chi connectivity index (χ0v) is 10.2. The Bertz CT molecular complexity index is 499. The Hall–Kier alpha value is -0.870. The van der Waals surface area contributed by atoms with E-state index >= 15 is 0 Å². The van der Waals surface area contributed by atoms with Gasteiger partial charge in [0.15, 0.2) is 11.6 Å². The van der Waals surface area contributed by atoms with Crippen LogP contribution in [0.25, 0.3) is 0 Å². The summed E-state index contributed by atoms with van der Waals surface area (Å²) in [5.41, 5.74) is 1.25. The molecule has 1 heterocycles. The summed E-state index contributed by atoms with van der Waals surface area (Å²) in [6.07, 6.45) is 3.01. The lowest BCUT2D eigenvalue weighted by atomic mass is 10.1. The second-order valence-corrected chi connectivity index (χ2v) is 4.53. The molecule has 0 saturated carbocycles. The van der Waals surface area contributed by atoms with Crippen LogP contribution in [0.2, 0.25) is 5.02 Å². The Labute approximate surface area is 104 Å². The Balaban J connectivity index is 2.44. The maximum absolute atomic E-state index is 13.1. The van der Waals surface area contributed by atoms with Gasteiger partial charge < -0.3 is 4.42 Å². The third-order valence-electron chi connectivity index (χ3n) is 2.15. The molecule has 2 rings (SSSR count). The normalized spacial score (nSPS) is 12.8. The first-order valence-corrected chi connectivity index (χ1v) is 5.69. The van der Waals surface area contributed by atoms with Crippen molar-refractivity contribution in [1.29, 1.82) is 0 Å². The number of rotatable bonds is 2. The molecule has 0 fully saturated rings. The molecule has 0 bridgehead atoms. The quantitative estimate of drug-likeness (QED) is 0.579. The zero-order valence-electron chi connectivity index (χ0n) is 7.88. The first kappa shape index (κ1) is 11.6. The summed E-state index contributed by atoms with van der Waals surface area (Å²) < 4.78 is 30.9. The average molecular weight is 308 g/mol. The molecule has 0 radical (unpaired) electrons. The van der Waals surface area contributed by atoms with E-state index < -0.39 is 11.6 Å². The van der Waals surface area contributed by atoms with Crippen molar-refractivity contribution in [2.75, 3.05) is 0 Å². The number of hydrogen-bond donors (Lipinski definition) is 0. The van der Waals surface area contributed by atoms with Crippen molar-refractivity contribution in [2.24, 2.45) is 0 Å². The summed E-state index contributed by atoms with van der Waals surface area (Å²) >= 11 is 9.20. The Morgan fingerprint density at radius 2 is 1.94 bits per heavy atom. The van der Waals surface area contributed by atoms with E-state index in [0.29, 0.717) is 5.56 Å². The van der Waals surface area contributed by atoms with Gasteiger partial charge in [-0.3, -0.25) is 0 Å². The highest BCUT2D eigenvalue weighted by atomic mass is 79.9. The minimum atomic E-state index is -0.958. The monoisotopic (exact) mass is 306 g/mol. The summed E-state index contributed by atoms with van der Waals surface area (Å²) in [7, 11) is 0.